The van der Waals surface area contributed by atoms with Crippen molar-refractivity contribution in [1.29, 1.82) is 0 Å². The van der Waals surface area contributed by atoms with Gasteiger partial charge in [-0.25, -0.2) is 0 Å². The highest BCUT2D eigenvalue weighted by atomic mass is 79.9. The summed E-state index contributed by atoms with van der Waals surface area (Å²) in [6, 6.07) is 8.44. The number of carboxylic acid groups (broad SMARTS) is 1. The van der Waals surface area contributed by atoms with E-state index in [4.69, 9.17) is 5.11 Å². The standard InChI is InChI=1S/C12H14BrNO2/c1-8(9-3-2-4-11(13)5-9)14-6-10(7-14)12(15)16/h2-5,8,10H,6-7H2,1H3,(H,15,16). The van der Waals surface area contributed by atoms with E-state index in [1.54, 1.807) is 0 Å². The molecule has 1 N–H and O–H groups in total. The third-order valence-electron chi connectivity index (χ3n) is 3.14. The van der Waals surface area contributed by atoms with Crippen molar-refractivity contribution in [3.63, 3.8) is 0 Å². The van der Waals surface area contributed by atoms with E-state index in [9.17, 15) is 4.79 Å². The minimum atomic E-state index is -0.683. The first kappa shape index (κ1) is 11.6. The molecule has 1 unspecified atom stereocenters. The Bertz CT molecular complexity index is 402. The maximum absolute atomic E-state index is 10.7. The van der Waals surface area contributed by atoms with Crippen LogP contribution in [0, 0.1) is 5.92 Å². The van der Waals surface area contributed by atoms with E-state index in [0.717, 1.165) is 4.47 Å². The van der Waals surface area contributed by atoms with Crippen LogP contribution in [0.4, 0.5) is 0 Å². The number of carbonyl (C=O) groups is 1. The van der Waals surface area contributed by atoms with Gasteiger partial charge in [0.2, 0.25) is 0 Å². The average Bonchev–Trinajstić information content (AvgIpc) is 2.14. The van der Waals surface area contributed by atoms with Crippen LogP contribution < -0.4 is 0 Å². The summed E-state index contributed by atoms with van der Waals surface area (Å²) in [4.78, 5) is 12.9. The van der Waals surface area contributed by atoms with Crippen LogP contribution in [0.3, 0.4) is 0 Å². The number of rotatable bonds is 3. The van der Waals surface area contributed by atoms with E-state index in [2.05, 4.69) is 39.9 Å². The van der Waals surface area contributed by atoms with Crippen molar-refractivity contribution in [2.75, 3.05) is 13.1 Å². The van der Waals surface area contributed by atoms with Crippen LogP contribution in [0.2, 0.25) is 0 Å². The summed E-state index contributed by atoms with van der Waals surface area (Å²) in [5, 5.41) is 8.81. The minimum Gasteiger partial charge on any atom is -0.481 e. The lowest BCUT2D eigenvalue weighted by atomic mass is 9.95. The van der Waals surface area contributed by atoms with Crippen LogP contribution in [0.1, 0.15) is 18.5 Å². The summed E-state index contributed by atoms with van der Waals surface area (Å²) in [5.41, 5.74) is 1.22. The van der Waals surface area contributed by atoms with E-state index < -0.39 is 5.97 Å². The average molecular weight is 284 g/mol. The molecule has 1 aromatic carbocycles. The number of aliphatic carboxylic acids is 1. The van der Waals surface area contributed by atoms with Crippen molar-refractivity contribution in [2.24, 2.45) is 5.92 Å². The Hall–Kier alpha value is -0.870. The molecule has 0 aromatic heterocycles. The largest absolute Gasteiger partial charge is 0.481 e. The number of nitrogens with zero attached hydrogens (tertiary/aromatic N) is 1. The Morgan fingerprint density at radius 1 is 1.56 bits per heavy atom. The van der Waals surface area contributed by atoms with Gasteiger partial charge in [-0.2, -0.15) is 0 Å². The molecule has 1 saturated heterocycles. The number of hydrogen-bond acceptors (Lipinski definition) is 2. The van der Waals surface area contributed by atoms with Crippen molar-refractivity contribution in [2.45, 2.75) is 13.0 Å². The summed E-state index contributed by atoms with van der Waals surface area (Å²) in [5.74, 6) is -0.868. The van der Waals surface area contributed by atoms with Gasteiger partial charge in [0.1, 0.15) is 0 Å². The van der Waals surface area contributed by atoms with Crippen LogP contribution in [-0.4, -0.2) is 29.1 Å². The van der Waals surface area contributed by atoms with E-state index in [1.807, 2.05) is 12.1 Å². The molecule has 0 aliphatic carbocycles. The molecule has 0 bridgehead atoms. The fourth-order valence-corrected chi connectivity index (χ4v) is 2.38. The number of likely N-dealkylation sites (tertiary alicyclic amines) is 1. The summed E-state index contributed by atoms with van der Waals surface area (Å²) >= 11 is 3.44. The zero-order valence-electron chi connectivity index (χ0n) is 9.06. The van der Waals surface area contributed by atoms with Crippen LogP contribution >= 0.6 is 15.9 Å². The van der Waals surface area contributed by atoms with E-state index in [1.165, 1.54) is 5.56 Å². The first-order chi connectivity index (χ1) is 7.58. The van der Waals surface area contributed by atoms with Gasteiger partial charge in [-0.3, -0.25) is 9.69 Å². The van der Waals surface area contributed by atoms with E-state index >= 15 is 0 Å². The molecule has 1 heterocycles. The van der Waals surface area contributed by atoms with E-state index in [-0.39, 0.29) is 12.0 Å². The van der Waals surface area contributed by atoms with Gasteiger partial charge in [-0.05, 0) is 24.6 Å². The third kappa shape index (κ3) is 2.28. The molecule has 4 heteroatoms. The molecule has 1 aliphatic rings. The first-order valence-electron chi connectivity index (χ1n) is 5.30. The van der Waals surface area contributed by atoms with Gasteiger partial charge in [0.05, 0.1) is 5.92 Å². The number of benzene rings is 1. The maximum Gasteiger partial charge on any atom is 0.309 e. The second-order valence-corrected chi connectivity index (χ2v) is 5.14. The van der Waals surface area contributed by atoms with Crippen molar-refractivity contribution < 1.29 is 9.90 Å². The van der Waals surface area contributed by atoms with Crippen molar-refractivity contribution in [1.82, 2.24) is 4.90 Å². The first-order valence-corrected chi connectivity index (χ1v) is 6.09. The summed E-state index contributed by atoms with van der Waals surface area (Å²) in [6.07, 6.45) is 0. The van der Waals surface area contributed by atoms with Gasteiger partial charge in [-0.15, -0.1) is 0 Å². The van der Waals surface area contributed by atoms with Crippen LogP contribution in [0.15, 0.2) is 28.7 Å². The van der Waals surface area contributed by atoms with Gasteiger partial charge in [0, 0.05) is 23.6 Å². The SMILES string of the molecule is CC(c1cccc(Br)c1)N1CC(C(=O)O)C1. The van der Waals surface area contributed by atoms with Crippen molar-refractivity contribution in [3.05, 3.63) is 34.3 Å². The Kier molecular flexibility index (Phi) is 3.30. The monoisotopic (exact) mass is 283 g/mol. The van der Waals surface area contributed by atoms with Crippen LogP contribution in [0.5, 0.6) is 0 Å². The molecule has 3 nitrogen and oxygen atoms in total. The summed E-state index contributed by atoms with van der Waals surface area (Å²) in [7, 11) is 0. The van der Waals surface area contributed by atoms with Crippen LogP contribution in [0.25, 0.3) is 0 Å². The molecule has 2 rings (SSSR count). The zero-order valence-corrected chi connectivity index (χ0v) is 10.6. The van der Waals surface area contributed by atoms with Gasteiger partial charge >= 0.3 is 5.97 Å². The van der Waals surface area contributed by atoms with Crippen molar-refractivity contribution in [3.8, 4) is 0 Å². The van der Waals surface area contributed by atoms with Crippen molar-refractivity contribution >= 4 is 21.9 Å². The fraction of sp³-hybridized carbons (Fsp3) is 0.417. The predicted molar refractivity (Wildman–Crippen MR) is 65.3 cm³/mol. The van der Waals surface area contributed by atoms with Gasteiger partial charge < -0.3 is 5.11 Å². The number of halogens is 1. The molecule has 1 aromatic rings. The smallest absolute Gasteiger partial charge is 0.309 e. The molecule has 1 aliphatic heterocycles. The minimum absolute atomic E-state index is 0.186. The quantitative estimate of drug-likeness (QED) is 0.927. The molecule has 86 valence electrons. The second-order valence-electron chi connectivity index (χ2n) is 4.22. The Morgan fingerprint density at radius 3 is 2.81 bits per heavy atom. The van der Waals surface area contributed by atoms with E-state index in [0.29, 0.717) is 13.1 Å². The molecule has 0 spiro atoms. The Labute approximate surface area is 103 Å². The normalized spacial score (nSPS) is 19.1. The van der Waals surface area contributed by atoms with Crippen LogP contribution in [-0.2, 0) is 4.79 Å². The van der Waals surface area contributed by atoms with Gasteiger partial charge in [0.15, 0.2) is 0 Å². The molecule has 1 fully saturated rings. The third-order valence-corrected chi connectivity index (χ3v) is 3.63. The van der Waals surface area contributed by atoms with Gasteiger partial charge in [0.25, 0.3) is 0 Å². The maximum atomic E-state index is 10.7. The Balaban J connectivity index is 2.00. The lowest BCUT2D eigenvalue weighted by Gasteiger charge is -2.41. The number of hydrogen-bond donors (Lipinski definition) is 1. The molecular weight excluding hydrogens is 270 g/mol. The predicted octanol–water partition coefficient (Wildman–Crippen LogP) is 2.53. The molecular formula is C12H14BrNO2. The highest BCUT2D eigenvalue weighted by Gasteiger charge is 2.35. The number of carboxylic acids is 1. The summed E-state index contributed by atoms with van der Waals surface area (Å²) in [6.45, 7) is 3.42. The lowest BCUT2D eigenvalue weighted by molar-refractivity contribution is -0.148. The second kappa shape index (κ2) is 4.55. The fourth-order valence-electron chi connectivity index (χ4n) is 1.96. The zero-order chi connectivity index (χ0) is 11.7. The highest BCUT2D eigenvalue weighted by Crippen LogP contribution is 2.29. The molecule has 0 amide bonds. The molecule has 1 atom stereocenters. The lowest BCUT2D eigenvalue weighted by Crippen LogP contribution is -2.51. The Morgan fingerprint density at radius 2 is 2.25 bits per heavy atom. The molecule has 16 heavy (non-hydrogen) atoms. The molecule has 0 radical (unpaired) electrons. The topological polar surface area (TPSA) is 40.5 Å². The van der Waals surface area contributed by atoms with Gasteiger partial charge in [-0.1, -0.05) is 28.1 Å². The highest BCUT2D eigenvalue weighted by molar-refractivity contribution is 9.10. The molecule has 0 saturated carbocycles. The summed E-state index contributed by atoms with van der Waals surface area (Å²) < 4.78 is 1.06.